The molecule has 3 heterocycles. The van der Waals surface area contributed by atoms with E-state index in [1.165, 1.54) is 57.6 Å². The van der Waals surface area contributed by atoms with E-state index in [0.29, 0.717) is 29.8 Å². The smallest absolute Gasteiger partial charge is 0.225 e. The van der Waals surface area contributed by atoms with Gasteiger partial charge in [-0.05, 0) is 6.42 Å². The van der Waals surface area contributed by atoms with Crippen LogP contribution in [0.15, 0.2) is 12.7 Å². The molecule has 1 aliphatic heterocycles. The third kappa shape index (κ3) is 6.44. The molecule has 3 atom stereocenters. The van der Waals surface area contributed by atoms with E-state index >= 15 is 0 Å². The molecule has 1 amide bonds. The van der Waals surface area contributed by atoms with E-state index in [1.807, 2.05) is 0 Å². The maximum Gasteiger partial charge on any atom is 0.225 e. The number of fused-ring (bicyclic) bond motifs is 1. The number of hydrogen-bond donors (Lipinski definition) is 3. The zero-order chi connectivity index (χ0) is 22.1. The Labute approximate surface area is 183 Å². The summed E-state index contributed by atoms with van der Waals surface area (Å²) in [5.41, 5.74) is 0.919. The Morgan fingerprint density at radius 3 is 2.52 bits per heavy atom. The molecule has 172 valence electrons. The standard InChI is InChI=1S/C22H35N5O4/c1-2-3-4-5-6-7-8-9-10-11-18(30)26-20-19-21(24-14-23-20)27(15-25-19)22-17(29)12-16(13-28)31-22/h14-17,22,28-29H,2-13H2,1H3,(H,23,24,26,30)/t16-,17+,22+/m0/s1. The summed E-state index contributed by atoms with van der Waals surface area (Å²) >= 11 is 0. The van der Waals surface area contributed by atoms with Gasteiger partial charge in [-0.3, -0.25) is 9.36 Å². The van der Waals surface area contributed by atoms with Gasteiger partial charge in [0.05, 0.1) is 19.0 Å². The van der Waals surface area contributed by atoms with Gasteiger partial charge in [0.2, 0.25) is 5.91 Å². The van der Waals surface area contributed by atoms with Gasteiger partial charge in [0.1, 0.15) is 12.4 Å². The predicted molar refractivity (Wildman–Crippen MR) is 117 cm³/mol. The monoisotopic (exact) mass is 433 g/mol. The number of unbranched alkanes of at least 4 members (excludes halogenated alkanes) is 8. The summed E-state index contributed by atoms with van der Waals surface area (Å²) in [6.07, 6.45) is 12.6. The second-order valence-corrected chi connectivity index (χ2v) is 8.31. The Bertz CT molecular complexity index is 827. The molecule has 9 nitrogen and oxygen atoms in total. The van der Waals surface area contributed by atoms with Crippen molar-refractivity contribution >= 4 is 22.9 Å². The van der Waals surface area contributed by atoms with Gasteiger partial charge >= 0.3 is 0 Å². The quantitative estimate of drug-likeness (QED) is 0.414. The zero-order valence-corrected chi connectivity index (χ0v) is 18.4. The number of nitrogens with one attached hydrogen (secondary N) is 1. The van der Waals surface area contributed by atoms with Crippen LogP contribution in [0.3, 0.4) is 0 Å². The van der Waals surface area contributed by atoms with E-state index in [2.05, 4.69) is 27.2 Å². The normalized spacial score (nSPS) is 21.1. The largest absolute Gasteiger partial charge is 0.394 e. The second-order valence-electron chi connectivity index (χ2n) is 8.31. The summed E-state index contributed by atoms with van der Waals surface area (Å²) in [6, 6.07) is 0. The van der Waals surface area contributed by atoms with Crippen molar-refractivity contribution in [2.45, 2.75) is 96.0 Å². The first-order valence-corrected chi connectivity index (χ1v) is 11.6. The molecule has 0 saturated carbocycles. The number of aliphatic hydroxyl groups excluding tert-OH is 2. The Balaban J connectivity index is 1.47. The fourth-order valence-corrected chi connectivity index (χ4v) is 4.02. The van der Waals surface area contributed by atoms with Crippen LogP contribution in [0.4, 0.5) is 5.82 Å². The summed E-state index contributed by atoms with van der Waals surface area (Å²) in [4.78, 5) is 25.1. The number of amides is 1. The summed E-state index contributed by atoms with van der Waals surface area (Å²) in [5.74, 6) is 0.269. The van der Waals surface area contributed by atoms with E-state index in [-0.39, 0.29) is 12.5 Å². The Morgan fingerprint density at radius 2 is 1.84 bits per heavy atom. The van der Waals surface area contributed by atoms with Crippen LogP contribution in [0.2, 0.25) is 0 Å². The number of hydrogen-bond acceptors (Lipinski definition) is 7. The molecule has 1 aliphatic rings. The molecule has 0 radical (unpaired) electrons. The first-order valence-electron chi connectivity index (χ1n) is 11.6. The van der Waals surface area contributed by atoms with Gasteiger partial charge in [0.15, 0.2) is 23.2 Å². The van der Waals surface area contributed by atoms with E-state index in [9.17, 15) is 15.0 Å². The van der Waals surface area contributed by atoms with Gasteiger partial charge in [-0.25, -0.2) is 15.0 Å². The van der Waals surface area contributed by atoms with Crippen LogP contribution in [-0.2, 0) is 9.53 Å². The Kier molecular flexibility index (Phi) is 9.17. The lowest BCUT2D eigenvalue weighted by Crippen LogP contribution is -2.19. The van der Waals surface area contributed by atoms with Crippen molar-refractivity contribution in [1.29, 1.82) is 0 Å². The van der Waals surface area contributed by atoms with Crippen molar-refractivity contribution in [3.8, 4) is 0 Å². The molecule has 2 aromatic rings. The fourth-order valence-electron chi connectivity index (χ4n) is 4.02. The highest BCUT2D eigenvalue weighted by Gasteiger charge is 2.36. The maximum atomic E-state index is 12.4. The summed E-state index contributed by atoms with van der Waals surface area (Å²) in [6.45, 7) is 2.07. The number of rotatable bonds is 13. The van der Waals surface area contributed by atoms with Crippen LogP contribution >= 0.6 is 0 Å². The number of carbonyl (C=O) groups is 1. The molecule has 0 unspecified atom stereocenters. The van der Waals surface area contributed by atoms with Crippen LogP contribution in [-0.4, -0.2) is 54.5 Å². The number of nitrogens with zero attached hydrogens (tertiary/aromatic N) is 4. The highest BCUT2D eigenvalue weighted by molar-refractivity contribution is 5.96. The van der Waals surface area contributed by atoms with Crippen molar-refractivity contribution in [3.63, 3.8) is 0 Å². The summed E-state index contributed by atoms with van der Waals surface area (Å²) in [5, 5.41) is 22.4. The van der Waals surface area contributed by atoms with Gasteiger partial charge in [-0.1, -0.05) is 58.3 Å². The van der Waals surface area contributed by atoms with Crippen molar-refractivity contribution in [2.24, 2.45) is 0 Å². The minimum atomic E-state index is -0.769. The van der Waals surface area contributed by atoms with Gasteiger partial charge in [-0.2, -0.15) is 0 Å². The molecule has 31 heavy (non-hydrogen) atoms. The molecular weight excluding hydrogens is 398 g/mol. The van der Waals surface area contributed by atoms with Crippen LogP contribution in [0.5, 0.6) is 0 Å². The summed E-state index contributed by atoms with van der Waals surface area (Å²) < 4.78 is 7.30. The minimum Gasteiger partial charge on any atom is -0.394 e. The molecule has 0 aliphatic carbocycles. The molecule has 1 saturated heterocycles. The molecule has 1 fully saturated rings. The number of aliphatic hydroxyl groups is 2. The van der Waals surface area contributed by atoms with Crippen LogP contribution in [0, 0.1) is 0 Å². The van der Waals surface area contributed by atoms with Crippen LogP contribution in [0.25, 0.3) is 11.2 Å². The zero-order valence-electron chi connectivity index (χ0n) is 18.4. The van der Waals surface area contributed by atoms with Crippen molar-refractivity contribution in [3.05, 3.63) is 12.7 Å². The Morgan fingerprint density at radius 1 is 1.13 bits per heavy atom. The molecule has 3 N–H and O–H groups in total. The molecule has 3 rings (SSSR count). The molecule has 2 aromatic heterocycles. The first-order chi connectivity index (χ1) is 15.1. The molecule has 0 bridgehead atoms. The van der Waals surface area contributed by atoms with Crippen molar-refractivity contribution in [1.82, 2.24) is 19.5 Å². The van der Waals surface area contributed by atoms with E-state index < -0.39 is 18.4 Å². The SMILES string of the molecule is CCCCCCCCCCCC(=O)Nc1ncnc2c1ncn2[C@@H]1O[C@H](CO)C[C@H]1O. The van der Waals surface area contributed by atoms with Crippen LogP contribution < -0.4 is 5.32 Å². The average Bonchev–Trinajstić information content (AvgIpc) is 3.36. The average molecular weight is 434 g/mol. The van der Waals surface area contributed by atoms with E-state index in [1.54, 1.807) is 4.57 Å². The number of ether oxygens (including phenoxy) is 1. The van der Waals surface area contributed by atoms with Gasteiger partial charge in [0.25, 0.3) is 0 Å². The third-order valence-electron chi connectivity index (χ3n) is 5.77. The lowest BCUT2D eigenvalue weighted by atomic mass is 10.1. The first kappa shape index (κ1) is 23.6. The highest BCUT2D eigenvalue weighted by atomic mass is 16.5. The molecule has 9 heteroatoms. The molecule has 0 spiro atoms. The van der Waals surface area contributed by atoms with Gasteiger partial charge < -0.3 is 20.3 Å². The Hall–Kier alpha value is -2.10. The van der Waals surface area contributed by atoms with Gasteiger partial charge in [-0.15, -0.1) is 0 Å². The number of aromatic nitrogens is 4. The number of anilines is 1. The van der Waals surface area contributed by atoms with Crippen molar-refractivity contribution < 1.29 is 19.7 Å². The fraction of sp³-hybridized carbons (Fsp3) is 0.727. The van der Waals surface area contributed by atoms with E-state index in [0.717, 1.165) is 12.8 Å². The lowest BCUT2D eigenvalue weighted by molar-refractivity contribution is -0.116. The topological polar surface area (TPSA) is 122 Å². The predicted octanol–water partition coefficient (Wildman–Crippen LogP) is 3.33. The molecule has 0 aromatic carbocycles. The maximum absolute atomic E-state index is 12.4. The van der Waals surface area contributed by atoms with Crippen molar-refractivity contribution in [2.75, 3.05) is 11.9 Å². The second kappa shape index (κ2) is 12.1. The minimum absolute atomic E-state index is 0.0880. The van der Waals surface area contributed by atoms with Gasteiger partial charge in [0, 0.05) is 12.8 Å². The number of imidazole rings is 1. The highest BCUT2D eigenvalue weighted by Crippen LogP contribution is 2.31. The number of carbonyl (C=O) groups excluding carboxylic acids is 1. The molecular formula is C22H35N5O4. The third-order valence-corrected chi connectivity index (χ3v) is 5.77. The van der Waals surface area contributed by atoms with Crippen LogP contribution in [0.1, 0.15) is 83.8 Å². The van der Waals surface area contributed by atoms with E-state index in [4.69, 9.17) is 4.74 Å². The summed E-state index contributed by atoms with van der Waals surface area (Å²) in [7, 11) is 0. The lowest BCUT2D eigenvalue weighted by Gasteiger charge is -2.16.